The van der Waals surface area contributed by atoms with Crippen LogP contribution in [0.4, 0.5) is 0 Å². The van der Waals surface area contributed by atoms with Gasteiger partial charge in [0, 0.05) is 16.0 Å². The Morgan fingerprint density at radius 1 is 1.05 bits per heavy atom. The van der Waals surface area contributed by atoms with E-state index < -0.39 is 0 Å². The van der Waals surface area contributed by atoms with Crippen LogP contribution in [0.3, 0.4) is 0 Å². The van der Waals surface area contributed by atoms with Crippen LogP contribution in [-0.4, -0.2) is 18.2 Å². The van der Waals surface area contributed by atoms with Crippen LogP contribution in [-0.2, 0) is 0 Å². The van der Waals surface area contributed by atoms with Gasteiger partial charge in [0.15, 0.2) is 11.5 Å². The highest BCUT2D eigenvalue weighted by Gasteiger charge is 2.12. The lowest BCUT2D eigenvalue weighted by Gasteiger charge is -2.18. The maximum Gasteiger partial charge on any atom is 0.162 e. The van der Waals surface area contributed by atoms with Crippen molar-refractivity contribution in [1.29, 1.82) is 5.26 Å². The van der Waals surface area contributed by atoms with Gasteiger partial charge in [0.25, 0.3) is 0 Å². The highest BCUT2D eigenvalue weighted by atomic mass is 32.2. The number of fused-ring (bicyclic) bond motifs is 1. The van der Waals surface area contributed by atoms with Crippen LogP contribution in [0.25, 0.3) is 0 Å². The molecule has 4 nitrogen and oxygen atoms in total. The third-order valence-corrected chi connectivity index (χ3v) is 3.57. The molecule has 3 rings (SSSR count). The van der Waals surface area contributed by atoms with Gasteiger partial charge in [-0.05, 0) is 30.3 Å². The van der Waals surface area contributed by atoms with Gasteiger partial charge < -0.3 is 9.47 Å². The quantitative estimate of drug-likeness (QED) is 0.839. The number of pyridine rings is 1. The number of ether oxygens (including phenoxy) is 2. The minimum absolute atomic E-state index is 0.419. The fraction of sp³-hybridized carbons (Fsp3) is 0.143. The molecule has 0 fully saturated rings. The van der Waals surface area contributed by atoms with Gasteiger partial charge in [0.1, 0.15) is 25.0 Å². The maximum absolute atomic E-state index is 8.83. The average Bonchev–Trinajstić information content (AvgIpc) is 2.47. The maximum atomic E-state index is 8.83. The SMILES string of the molecule is N#Cc1cc(Sc2ccc3c(c2)OCCO3)ccn1. The van der Waals surface area contributed by atoms with Crippen molar-refractivity contribution in [3.8, 4) is 17.6 Å². The zero-order chi connectivity index (χ0) is 13.1. The van der Waals surface area contributed by atoms with Crippen molar-refractivity contribution in [3.63, 3.8) is 0 Å². The lowest BCUT2D eigenvalue weighted by atomic mass is 10.3. The van der Waals surface area contributed by atoms with E-state index in [4.69, 9.17) is 14.7 Å². The normalized spacial score (nSPS) is 12.8. The summed E-state index contributed by atoms with van der Waals surface area (Å²) in [5, 5.41) is 8.83. The number of nitriles is 1. The first-order chi connectivity index (χ1) is 9.35. The summed E-state index contributed by atoms with van der Waals surface area (Å²) in [5.41, 5.74) is 0.419. The second-order valence-electron chi connectivity index (χ2n) is 3.90. The van der Waals surface area contributed by atoms with Crippen molar-refractivity contribution in [3.05, 3.63) is 42.2 Å². The van der Waals surface area contributed by atoms with Crippen LogP contribution in [0.1, 0.15) is 5.69 Å². The minimum atomic E-state index is 0.419. The first kappa shape index (κ1) is 11.9. The molecule has 0 aliphatic carbocycles. The molecule has 94 valence electrons. The van der Waals surface area contributed by atoms with Crippen molar-refractivity contribution < 1.29 is 9.47 Å². The molecule has 0 radical (unpaired) electrons. The molecule has 0 amide bonds. The van der Waals surface area contributed by atoms with Gasteiger partial charge in [-0.3, -0.25) is 0 Å². The predicted octanol–water partition coefficient (Wildman–Crippen LogP) is 2.88. The summed E-state index contributed by atoms with van der Waals surface area (Å²) in [6.07, 6.45) is 1.64. The van der Waals surface area contributed by atoms with E-state index in [0.29, 0.717) is 18.9 Å². The summed E-state index contributed by atoms with van der Waals surface area (Å²) in [7, 11) is 0. The zero-order valence-corrected chi connectivity index (χ0v) is 10.8. The largest absolute Gasteiger partial charge is 0.486 e. The van der Waals surface area contributed by atoms with E-state index >= 15 is 0 Å². The monoisotopic (exact) mass is 270 g/mol. The number of rotatable bonds is 2. The molecule has 0 N–H and O–H groups in total. The van der Waals surface area contributed by atoms with Crippen LogP contribution in [0.15, 0.2) is 46.3 Å². The number of hydrogen-bond acceptors (Lipinski definition) is 5. The van der Waals surface area contributed by atoms with Crippen LogP contribution in [0, 0.1) is 11.3 Å². The molecular formula is C14H10N2O2S. The number of hydrogen-bond donors (Lipinski definition) is 0. The number of nitrogens with zero attached hydrogens (tertiary/aromatic N) is 2. The summed E-state index contributed by atoms with van der Waals surface area (Å²) in [6.45, 7) is 1.17. The second kappa shape index (κ2) is 5.21. The molecule has 0 saturated carbocycles. The number of benzene rings is 1. The van der Waals surface area contributed by atoms with Gasteiger partial charge >= 0.3 is 0 Å². The Kier molecular flexibility index (Phi) is 3.25. The molecule has 0 bridgehead atoms. The van der Waals surface area contributed by atoms with Gasteiger partial charge in [-0.2, -0.15) is 5.26 Å². The first-order valence-corrected chi connectivity index (χ1v) is 6.60. The second-order valence-corrected chi connectivity index (χ2v) is 5.04. The summed E-state index contributed by atoms with van der Waals surface area (Å²) < 4.78 is 11.0. The molecule has 1 aliphatic heterocycles. The smallest absolute Gasteiger partial charge is 0.162 e. The topological polar surface area (TPSA) is 55.1 Å². The van der Waals surface area contributed by atoms with Gasteiger partial charge in [-0.1, -0.05) is 11.8 Å². The highest BCUT2D eigenvalue weighted by Crippen LogP contribution is 2.36. The van der Waals surface area contributed by atoms with E-state index in [2.05, 4.69) is 4.98 Å². The molecule has 1 aromatic carbocycles. The fourth-order valence-corrected chi connectivity index (χ4v) is 2.63. The Morgan fingerprint density at radius 3 is 2.68 bits per heavy atom. The van der Waals surface area contributed by atoms with Crippen molar-refractivity contribution in [2.45, 2.75) is 9.79 Å². The van der Waals surface area contributed by atoms with Gasteiger partial charge in [-0.15, -0.1) is 0 Å². The third-order valence-electron chi connectivity index (χ3n) is 2.60. The lowest BCUT2D eigenvalue weighted by molar-refractivity contribution is 0.171. The molecule has 2 heterocycles. The highest BCUT2D eigenvalue weighted by molar-refractivity contribution is 7.99. The van der Waals surface area contributed by atoms with Crippen molar-refractivity contribution in [2.75, 3.05) is 13.2 Å². The van der Waals surface area contributed by atoms with E-state index in [1.54, 1.807) is 24.0 Å². The van der Waals surface area contributed by atoms with Gasteiger partial charge in [0.05, 0.1) is 0 Å². The minimum Gasteiger partial charge on any atom is -0.486 e. The Labute approximate surface area is 115 Å². The molecule has 2 aromatic rings. The fourth-order valence-electron chi connectivity index (χ4n) is 1.76. The van der Waals surface area contributed by atoms with Crippen LogP contribution in [0.2, 0.25) is 0 Å². The van der Waals surface area contributed by atoms with E-state index in [9.17, 15) is 0 Å². The van der Waals surface area contributed by atoms with Crippen molar-refractivity contribution in [1.82, 2.24) is 4.98 Å². The molecule has 0 saturated heterocycles. The zero-order valence-electron chi connectivity index (χ0n) is 10.00. The Hall–Kier alpha value is -2.19. The summed E-state index contributed by atoms with van der Waals surface area (Å²) in [5.74, 6) is 1.55. The van der Waals surface area contributed by atoms with Crippen LogP contribution >= 0.6 is 11.8 Å². The van der Waals surface area contributed by atoms with Crippen LogP contribution in [0.5, 0.6) is 11.5 Å². The van der Waals surface area contributed by atoms with E-state index in [0.717, 1.165) is 21.3 Å². The van der Waals surface area contributed by atoms with Crippen molar-refractivity contribution in [2.24, 2.45) is 0 Å². The van der Waals surface area contributed by atoms with Crippen molar-refractivity contribution >= 4 is 11.8 Å². The number of aromatic nitrogens is 1. The molecule has 0 atom stereocenters. The standard InChI is InChI=1S/C14H10N2O2S/c15-9-10-7-12(3-4-16-10)19-11-1-2-13-14(8-11)18-6-5-17-13/h1-4,7-8H,5-6H2. The molecule has 5 heteroatoms. The Balaban J connectivity index is 1.85. The predicted molar refractivity (Wildman–Crippen MR) is 70.5 cm³/mol. The van der Waals surface area contributed by atoms with E-state index in [1.807, 2.05) is 30.3 Å². The molecule has 19 heavy (non-hydrogen) atoms. The third kappa shape index (κ3) is 2.64. The molecule has 1 aliphatic rings. The summed E-state index contributed by atoms with van der Waals surface area (Å²) >= 11 is 1.56. The first-order valence-electron chi connectivity index (χ1n) is 5.79. The van der Waals surface area contributed by atoms with E-state index in [1.165, 1.54) is 0 Å². The van der Waals surface area contributed by atoms with Gasteiger partial charge in [0.2, 0.25) is 0 Å². The summed E-state index contributed by atoms with van der Waals surface area (Å²) in [6, 6.07) is 11.5. The molecular weight excluding hydrogens is 260 g/mol. The Morgan fingerprint density at radius 2 is 1.84 bits per heavy atom. The van der Waals surface area contributed by atoms with Gasteiger partial charge in [-0.25, -0.2) is 4.98 Å². The summed E-state index contributed by atoms with van der Waals surface area (Å²) in [4.78, 5) is 5.97. The van der Waals surface area contributed by atoms with E-state index in [-0.39, 0.29) is 0 Å². The lowest BCUT2D eigenvalue weighted by Crippen LogP contribution is -2.15. The van der Waals surface area contributed by atoms with Crippen LogP contribution < -0.4 is 9.47 Å². The average molecular weight is 270 g/mol. The molecule has 0 unspecified atom stereocenters. The molecule has 0 spiro atoms. The Bertz CT molecular complexity index is 652. The molecule has 1 aromatic heterocycles.